The number of nitrogens with one attached hydrogen (secondary N) is 1. The first-order valence-corrected chi connectivity index (χ1v) is 6.11. The van der Waals surface area contributed by atoms with Crippen molar-refractivity contribution in [3.8, 4) is 6.07 Å². The van der Waals surface area contributed by atoms with Gasteiger partial charge in [0.1, 0.15) is 6.07 Å². The zero-order valence-electron chi connectivity index (χ0n) is 10.6. The predicted octanol–water partition coefficient (Wildman–Crippen LogP) is 4.17. The number of anilines is 2. The fourth-order valence-electron chi connectivity index (χ4n) is 1.76. The van der Waals surface area contributed by atoms with E-state index in [1.165, 1.54) is 6.07 Å². The first-order valence-electron chi connectivity index (χ1n) is 5.73. The lowest BCUT2D eigenvalue weighted by molar-refractivity contribution is -0.385. The Kier molecular flexibility index (Phi) is 3.87. The maximum Gasteiger partial charge on any atom is 0.274 e. The Morgan fingerprint density at radius 3 is 2.70 bits per heavy atom. The number of hydrogen-bond donors (Lipinski definition) is 1. The Morgan fingerprint density at radius 1 is 1.30 bits per heavy atom. The van der Waals surface area contributed by atoms with Gasteiger partial charge in [-0.05, 0) is 31.2 Å². The van der Waals surface area contributed by atoms with E-state index in [4.69, 9.17) is 16.9 Å². The van der Waals surface area contributed by atoms with Gasteiger partial charge in [-0.25, -0.2) is 0 Å². The second-order valence-electron chi connectivity index (χ2n) is 4.19. The van der Waals surface area contributed by atoms with Crippen molar-refractivity contribution < 1.29 is 4.92 Å². The molecule has 0 spiro atoms. The minimum atomic E-state index is -0.441. The highest BCUT2D eigenvalue weighted by molar-refractivity contribution is 6.30. The van der Waals surface area contributed by atoms with E-state index in [0.29, 0.717) is 27.5 Å². The third kappa shape index (κ3) is 2.87. The van der Waals surface area contributed by atoms with Gasteiger partial charge in [0.15, 0.2) is 0 Å². The van der Waals surface area contributed by atoms with Gasteiger partial charge in [0, 0.05) is 22.3 Å². The number of nitro groups is 1. The summed E-state index contributed by atoms with van der Waals surface area (Å²) < 4.78 is 0. The van der Waals surface area contributed by atoms with Crippen LogP contribution in [0.5, 0.6) is 0 Å². The van der Waals surface area contributed by atoms with E-state index in [0.717, 1.165) is 0 Å². The normalized spacial score (nSPS) is 9.85. The molecule has 0 aromatic heterocycles. The molecular weight excluding hydrogens is 278 g/mol. The molecule has 0 saturated heterocycles. The van der Waals surface area contributed by atoms with Crippen LogP contribution in [0.4, 0.5) is 17.1 Å². The molecule has 2 aromatic rings. The molecule has 0 bridgehead atoms. The van der Waals surface area contributed by atoms with Crippen LogP contribution in [0.2, 0.25) is 5.02 Å². The van der Waals surface area contributed by atoms with Crippen molar-refractivity contribution in [2.75, 3.05) is 5.32 Å². The lowest BCUT2D eigenvalue weighted by Gasteiger charge is -2.09. The van der Waals surface area contributed by atoms with Gasteiger partial charge in [-0.2, -0.15) is 5.26 Å². The summed E-state index contributed by atoms with van der Waals surface area (Å²) in [5, 5.41) is 23.4. The fourth-order valence-corrected chi connectivity index (χ4v) is 1.93. The summed E-state index contributed by atoms with van der Waals surface area (Å²) in [5.74, 6) is 0. The first-order chi connectivity index (χ1) is 9.51. The molecule has 0 amide bonds. The molecule has 0 unspecified atom stereocenters. The SMILES string of the molecule is Cc1ccc(Nc2cc(Cl)ccc2C#N)cc1[N+](=O)[O-]. The maximum absolute atomic E-state index is 10.9. The second kappa shape index (κ2) is 5.59. The van der Waals surface area contributed by atoms with Crippen LogP contribution in [-0.4, -0.2) is 4.92 Å². The predicted molar refractivity (Wildman–Crippen MR) is 77.3 cm³/mol. The molecule has 0 atom stereocenters. The standard InChI is InChI=1S/C14H10ClN3O2/c1-9-2-5-12(7-14(9)18(19)20)17-13-6-11(15)4-3-10(13)8-16/h2-7,17H,1H3. The molecule has 0 heterocycles. The van der Waals surface area contributed by atoms with E-state index >= 15 is 0 Å². The van der Waals surface area contributed by atoms with Crippen molar-refractivity contribution in [2.45, 2.75) is 6.92 Å². The van der Waals surface area contributed by atoms with Crippen molar-refractivity contribution in [3.05, 3.63) is 62.7 Å². The van der Waals surface area contributed by atoms with E-state index < -0.39 is 4.92 Å². The molecule has 5 nitrogen and oxygen atoms in total. The summed E-state index contributed by atoms with van der Waals surface area (Å²) in [5.41, 5.74) is 2.06. The van der Waals surface area contributed by atoms with Crippen molar-refractivity contribution in [2.24, 2.45) is 0 Å². The number of nitrogens with zero attached hydrogens (tertiary/aromatic N) is 2. The molecule has 2 aromatic carbocycles. The lowest BCUT2D eigenvalue weighted by Crippen LogP contribution is -1.97. The quantitative estimate of drug-likeness (QED) is 0.678. The van der Waals surface area contributed by atoms with Gasteiger partial charge in [-0.15, -0.1) is 0 Å². The number of halogens is 1. The lowest BCUT2D eigenvalue weighted by atomic mass is 10.1. The van der Waals surface area contributed by atoms with E-state index in [-0.39, 0.29) is 5.69 Å². The Balaban J connectivity index is 2.40. The van der Waals surface area contributed by atoms with E-state index in [1.807, 2.05) is 6.07 Å². The molecule has 6 heteroatoms. The molecule has 2 rings (SSSR count). The molecule has 0 aliphatic carbocycles. The Labute approximate surface area is 120 Å². The van der Waals surface area contributed by atoms with E-state index in [9.17, 15) is 10.1 Å². The summed E-state index contributed by atoms with van der Waals surface area (Å²) in [4.78, 5) is 10.5. The molecule has 0 aliphatic rings. The largest absolute Gasteiger partial charge is 0.354 e. The van der Waals surface area contributed by atoms with Crippen LogP contribution >= 0.6 is 11.6 Å². The van der Waals surface area contributed by atoms with Crippen molar-refractivity contribution >= 4 is 28.7 Å². The average molecular weight is 288 g/mol. The van der Waals surface area contributed by atoms with Gasteiger partial charge in [-0.3, -0.25) is 10.1 Å². The monoisotopic (exact) mass is 287 g/mol. The number of benzene rings is 2. The number of nitriles is 1. The van der Waals surface area contributed by atoms with E-state index in [2.05, 4.69) is 5.32 Å². The summed E-state index contributed by atoms with van der Waals surface area (Å²) >= 11 is 5.89. The van der Waals surface area contributed by atoms with Gasteiger partial charge >= 0.3 is 0 Å². The average Bonchev–Trinajstić information content (AvgIpc) is 2.41. The molecule has 1 N–H and O–H groups in total. The van der Waals surface area contributed by atoms with Crippen LogP contribution < -0.4 is 5.32 Å². The first kappa shape index (κ1) is 13.8. The molecule has 0 aliphatic heterocycles. The smallest absolute Gasteiger partial charge is 0.274 e. The summed E-state index contributed by atoms with van der Waals surface area (Å²) in [6, 6.07) is 11.6. The molecule has 0 radical (unpaired) electrons. The van der Waals surface area contributed by atoms with Crippen LogP contribution in [0.15, 0.2) is 36.4 Å². The van der Waals surface area contributed by atoms with Gasteiger partial charge in [0.05, 0.1) is 16.2 Å². The van der Waals surface area contributed by atoms with Gasteiger partial charge in [-0.1, -0.05) is 17.7 Å². The zero-order chi connectivity index (χ0) is 14.7. The molecular formula is C14H10ClN3O2. The number of rotatable bonds is 3. The van der Waals surface area contributed by atoms with Gasteiger partial charge in [0.2, 0.25) is 0 Å². The number of aryl methyl sites for hydroxylation is 1. The highest BCUT2D eigenvalue weighted by atomic mass is 35.5. The van der Waals surface area contributed by atoms with Crippen LogP contribution in [0, 0.1) is 28.4 Å². The van der Waals surface area contributed by atoms with Crippen LogP contribution in [0.25, 0.3) is 0 Å². The van der Waals surface area contributed by atoms with Gasteiger partial charge in [0.25, 0.3) is 5.69 Å². The topological polar surface area (TPSA) is 79.0 Å². The van der Waals surface area contributed by atoms with E-state index in [1.54, 1.807) is 37.3 Å². The summed E-state index contributed by atoms with van der Waals surface area (Å²) in [6.07, 6.45) is 0. The minimum Gasteiger partial charge on any atom is -0.354 e. The minimum absolute atomic E-state index is 0.0236. The zero-order valence-corrected chi connectivity index (χ0v) is 11.3. The van der Waals surface area contributed by atoms with Crippen LogP contribution in [-0.2, 0) is 0 Å². The van der Waals surface area contributed by atoms with Gasteiger partial charge < -0.3 is 5.32 Å². The molecule has 0 fully saturated rings. The Bertz CT molecular complexity index is 723. The molecule has 0 saturated carbocycles. The third-order valence-electron chi connectivity index (χ3n) is 2.79. The summed E-state index contributed by atoms with van der Waals surface area (Å²) in [6.45, 7) is 1.67. The Morgan fingerprint density at radius 2 is 2.05 bits per heavy atom. The van der Waals surface area contributed by atoms with Crippen LogP contribution in [0.3, 0.4) is 0 Å². The van der Waals surface area contributed by atoms with Crippen molar-refractivity contribution in [1.29, 1.82) is 5.26 Å². The fraction of sp³-hybridized carbons (Fsp3) is 0.0714. The third-order valence-corrected chi connectivity index (χ3v) is 3.02. The summed E-state index contributed by atoms with van der Waals surface area (Å²) in [7, 11) is 0. The van der Waals surface area contributed by atoms with Crippen LogP contribution in [0.1, 0.15) is 11.1 Å². The maximum atomic E-state index is 10.9. The van der Waals surface area contributed by atoms with Crippen molar-refractivity contribution in [3.63, 3.8) is 0 Å². The highest BCUT2D eigenvalue weighted by Crippen LogP contribution is 2.28. The molecule has 100 valence electrons. The number of hydrogen-bond acceptors (Lipinski definition) is 4. The number of nitro benzene ring substituents is 1. The van der Waals surface area contributed by atoms with Crippen molar-refractivity contribution in [1.82, 2.24) is 0 Å². The molecule has 20 heavy (non-hydrogen) atoms. The highest BCUT2D eigenvalue weighted by Gasteiger charge is 2.12. The Hall–Kier alpha value is -2.58. The second-order valence-corrected chi connectivity index (χ2v) is 4.62.